The third-order valence-electron chi connectivity index (χ3n) is 4.61. The zero-order valence-electron chi connectivity index (χ0n) is 14.5. The Morgan fingerprint density at radius 2 is 1.81 bits per heavy atom. The summed E-state index contributed by atoms with van der Waals surface area (Å²) in [5, 5.41) is 6.88. The summed E-state index contributed by atoms with van der Waals surface area (Å²) in [4.78, 5) is 1.31. The van der Waals surface area contributed by atoms with Gasteiger partial charge in [-0.25, -0.2) is 4.39 Å². The monoisotopic (exact) mass is 370 g/mol. The van der Waals surface area contributed by atoms with E-state index in [0.29, 0.717) is 11.4 Å². The molecule has 0 spiro atoms. The minimum Gasteiger partial charge on any atom is -0.307 e. The molecule has 0 bridgehead atoms. The van der Waals surface area contributed by atoms with Crippen LogP contribution in [0.15, 0.2) is 60.3 Å². The number of nitrogens with zero attached hydrogens (tertiary/aromatic N) is 2. The molecule has 4 nitrogen and oxygen atoms in total. The van der Waals surface area contributed by atoms with Crippen LogP contribution in [0, 0.1) is 12.7 Å². The second-order valence-corrected chi connectivity index (χ2v) is 6.46. The maximum absolute atomic E-state index is 15.5. The van der Waals surface area contributed by atoms with Crippen molar-refractivity contribution in [2.24, 2.45) is 5.73 Å². The highest BCUT2D eigenvalue weighted by molar-refractivity contribution is 5.70. The molecule has 2 heterocycles. The summed E-state index contributed by atoms with van der Waals surface area (Å²) < 4.78 is 44.1. The van der Waals surface area contributed by atoms with Crippen LogP contribution in [0.4, 0.5) is 19.0 Å². The predicted octanol–water partition coefficient (Wildman–Crippen LogP) is 4.47. The molecule has 3 aromatic rings. The number of aryl methyl sites for hydroxylation is 1. The SMILES string of the molecule is Cc1cc(N2C(C(F)(F)c3ccc(F)cc3)=Cc3ccccc3C2N)n[nH]1. The number of nitrogens with two attached hydrogens (primary N) is 1. The lowest BCUT2D eigenvalue weighted by molar-refractivity contribution is 0.0344. The molecule has 0 radical (unpaired) electrons. The van der Waals surface area contributed by atoms with Gasteiger partial charge in [0.25, 0.3) is 0 Å². The topological polar surface area (TPSA) is 57.9 Å². The lowest BCUT2D eigenvalue weighted by Crippen LogP contribution is -2.42. The lowest BCUT2D eigenvalue weighted by atomic mass is 9.94. The maximum Gasteiger partial charge on any atom is 0.313 e. The van der Waals surface area contributed by atoms with Crippen molar-refractivity contribution in [2.45, 2.75) is 19.0 Å². The fraction of sp³-hybridized carbons (Fsp3) is 0.150. The number of aromatic nitrogens is 2. The predicted molar refractivity (Wildman–Crippen MR) is 97.4 cm³/mol. The van der Waals surface area contributed by atoms with Gasteiger partial charge in [0.05, 0.1) is 5.70 Å². The number of H-pyrrole nitrogens is 1. The Bertz CT molecular complexity index is 1010. The molecule has 0 aliphatic carbocycles. The van der Waals surface area contributed by atoms with E-state index >= 15 is 8.78 Å². The molecule has 7 heteroatoms. The van der Waals surface area contributed by atoms with Crippen LogP contribution in [-0.4, -0.2) is 10.2 Å². The summed E-state index contributed by atoms with van der Waals surface area (Å²) in [5.74, 6) is -3.68. The summed E-state index contributed by atoms with van der Waals surface area (Å²) in [6.07, 6.45) is 0.571. The van der Waals surface area contributed by atoms with Crippen LogP contribution in [-0.2, 0) is 5.92 Å². The third-order valence-corrected chi connectivity index (χ3v) is 4.61. The molecular weight excluding hydrogens is 353 g/mol. The van der Waals surface area contributed by atoms with Gasteiger partial charge in [0.1, 0.15) is 12.0 Å². The van der Waals surface area contributed by atoms with Gasteiger partial charge in [0, 0.05) is 17.3 Å². The van der Waals surface area contributed by atoms with Crippen molar-refractivity contribution >= 4 is 11.9 Å². The van der Waals surface area contributed by atoms with Crippen molar-refractivity contribution in [1.82, 2.24) is 10.2 Å². The first kappa shape index (κ1) is 17.4. The molecule has 0 saturated carbocycles. The Balaban J connectivity index is 1.90. The standard InChI is InChI=1S/C20H17F3N4/c1-12-10-18(26-25-12)27-17(11-13-4-2-3-5-16(13)19(27)24)20(22,23)14-6-8-15(21)9-7-14/h2-11,19H,24H2,1H3,(H,25,26). The van der Waals surface area contributed by atoms with E-state index in [1.54, 1.807) is 31.2 Å². The van der Waals surface area contributed by atoms with Gasteiger partial charge in [-0.15, -0.1) is 0 Å². The average Bonchev–Trinajstić information content (AvgIpc) is 3.08. The van der Waals surface area contributed by atoms with Crippen molar-refractivity contribution in [3.05, 3.63) is 88.5 Å². The van der Waals surface area contributed by atoms with Crippen LogP contribution in [0.2, 0.25) is 0 Å². The summed E-state index contributed by atoms with van der Waals surface area (Å²) in [7, 11) is 0. The van der Waals surface area contributed by atoms with Gasteiger partial charge in [0.15, 0.2) is 5.82 Å². The smallest absolute Gasteiger partial charge is 0.307 e. The number of aromatic amines is 1. The minimum absolute atomic E-state index is 0.294. The van der Waals surface area contributed by atoms with Gasteiger partial charge >= 0.3 is 5.92 Å². The van der Waals surface area contributed by atoms with Gasteiger partial charge in [0.2, 0.25) is 0 Å². The van der Waals surface area contributed by atoms with Gasteiger partial charge < -0.3 is 10.6 Å². The Hall–Kier alpha value is -3.06. The van der Waals surface area contributed by atoms with Crippen LogP contribution < -0.4 is 10.6 Å². The molecule has 0 fully saturated rings. The minimum atomic E-state index is -3.40. The lowest BCUT2D eigenvalue weighted by Gasteiger charge is -2.38. The summed E-state index contributed by atoms with van der Waals surface area (Å²) in [6, 6.07) is 13.0. The van der Waals surface area contributed by atoms with Crippen molar-refractivity contribution < 1.29 is 13.2 Å². The van der Waals surface area contributed by atoms with Crippen LogP contribution in [0.25, 0.3) is 6.08 Å². The molecule has 1 aliphatic heterocycles. The molecule has 1 atom stereocenters. The molecule has 27 heavy (non-hydrogen) atoms. The molecule has 4 rings (SSSR count). The van der Waals surface area contributed by atoms with E-state index in [0.717, 1.165) is 35.5 Å². The molecule has 0 saturated heterocycles. The highest BCUT2D eigenvalue weighted by Gasteiger charge is 2.44. The second-order valence-electron chi connectivity index (χ2n) is 6.46. The summed E-state index contributed by atoms with van der Waals surface area (Å²) >= 11 is 0. The van der Waals surface area contributed by atoms with E-state index in [1.165, 1.54) is 11.0 Å². The van der Waals surface area contributed by atoms with E-state index in [2.05, 4.69) is 10.2 Å². The number of anilines is 1. The van der Waals surface area contributed by atoms with Gasteiger partial charge in [-0.1, -0.05) is 24.3 Å². The normalized spacial score (nSPS) is 16.9. The number of rotatable bonds is 3. The molecule has 1 unspecified atom stereocenters. The number of halogens is 3. The van der Waals surface area contributed by atoms with Crippen molar-refractivity contribution in [1.29, 1.82) is 0 Å². The molecular formula is C20H17F3N4. The number of allylic oxidation sites excluding steroid dienone is 1. The molecule has 138 valence electrons. The third kappa shape index (κ3) is 2.90. The largest absolute Gasteiger partial charge is 0.313 e. The summed E-state index contributed by atoms with van der Waals surface area (Å²) in [5.41, 5.74) is 7.78. The molecule has 1 aliphatic rings. The zero-order chi connectivity index (χ0) is 19.2. The first-order valence-corrected chi connectivity index (χ1v) is 8.39. The fourth-order valence-electron chi connectivity index (χ4n) is 3.26. The fourth-order valence-corrected chi connectivity index (χ4v) is 3.26. The second kappa shape index (κ2) is 6.28. The highest BCUT2D eigenvalue weighted by atomic mass is 19.3. The van der Waals surface area contributed by atoms with E-state index in [-0.39, 0.29) is 11.3 Å². The van der Waals surface area contributed by atoms with Crippen LogP contribution in [0.5, 0.6) is 0 Å². The Morgan fingerprint density at radius 1 is 1.11 bits per heavy atom. The maximum atomic E-state index is 15.5. The number of nitrogens with one attached hydrogen (secondary N) is 1. The first-order chi connectivity index (χ1) is 12.9. The number of fused-ring (bicyclic) bond motifs is 1. The highest BCUT2D eigenvalue weighted by Crippen LogP contribution is 2.45. The Labute approximate surface area is 154 Å². The van der Waals surface area contributed by atoms with Crippen LogP contribution in [0.3, 0.4) is 0 Å². The van der Waals surface area contributed by atoms with Crippen LogP contribution in [0.1, 0.15) is 28.6 Å². The van der Waals surface area contributed by atoms with E-state index < -0.39 is 17.9 Å². The average molecular weight is 370 g/mol. The van der Waals surface area contributed by atoms with Crippen molar-refractivity contribution in [2.75, 3.05) is 4.90 Å². The first-order valence-electron chi connectivity index (χ1n) is 8.39. The van der Waals surface area contributed by atoms with Crippen molar-refractivity contribution in [3.63, 3.8) is 0 Å². The van der Waals surface area contributed by atoms with Gasteiger partial charge in [-0.05, 0) is 48.4 Å². The Kier molecular flexibility index (Phi) is 4.04. The van der Waals surface area contributed by atoms with E-state index in [1.807, 2.05) is 6.07 Å². The Morgan fingerprint density at radius 3 is 2.48 bits per heavy atom. The molecule has 3 N–H and O–H groups in total. The molecule has 1 aromatic heterocycles. The quantitative estimate of drug-likeness (QED) is 0.715. The molecule has 2 aromatic carbocycles. The molecule has 0 amide bonds. The zero-order valence-corrected chi connectivity index (χ0v) is 14.5. The van der Waals surface area contributed by atoms with Crippen molar-refractivity contribution in [3.8, 4) is 0 Å². The number of hydrogen-bond acceptors (Lipinski definition) is 3. The van der Waals surface area contributed by atoms with E-state index in [4.69, 9.17) is 5.73 Å². The number of benzene rings is 2. The summed E-state index contributed by atoms with van der Waals surface area (Å²) in [6.45, 7) is 1.78. The van der Waals surface area contributed by atoms with Gasteiger partial charge in [-0.2, -0.15) is 13.9 Å². The number of alkyl halides is 2. The van der Waals surface area contributed by atoms with E-state index in [9.17, 15) is 4.39 Å². The van der Waals surface area contributed by atoms with Gasteiger partial charge in [-0.3, -0.25) is 5.10 Å². The number of hydrogen-bond donors (Lipinski definition) is 2. The van der Waals surface area contributed by atoms with Crippen LogP contribution >= 0.6 is 0 Å².